The number of nitrogens with two attached hydrogens (primary N) is 1. The second-order valence-corrected chi connectivity index (χ2v) is 5.50. The molecule has 1 fully saturated rings. The first-order valence-corrected chi connectivity index (χ1v) is 7.07. The van der Waals surface area contributed by atoms with Gasteiger partial charge in [-0.15, -0.1) is 0 Å². The van der Waals surface area contributed by atoms with Crippen LogP contribution < -0.4 is 11.1 Å². The Morgan fingerprint density at radius 2 is 2.05 bits per heavy atom. The molecule has 0 aromatic heterocycles. The monoisotopic (exact) mass is 291 g/mol. The van der Waals surface area contributed by atoms with Gasteiger partial charge in [0, 0.05) is 24.8 Å². The van der Waals surface area contributed by atoms with Crippen molar-refractivity contribution in [3.8, 4) is 0 Å². The Balaban J connectivity index is 1.91. The first-order chi connectivity index (χ1) is 9.95. The van der Waals surface area contributed by atoms with Crippen molar-refractivity contribution in [3.05, 3.63) is 29.3 Å². The summed E-state index contributed by atoms with van der Waals surface area (Å²) in [7, 11) is 0. The SMILES string of the molecule is Cc1cc(NC(=O)CN2CCC(N)CC2)ccc1C(=O)O. The Bertz CT molecular complexity index is 537. The van der Waals surface area contributed by atoms with Crippen LogP contribution in [-0.4, -0.2) is 47.6 Å². The number of hydrogen-bond acceptors (Lipinski definition) is 4. The molecule has 0 aliphatic carbocycles. The average Bonchev–Trinajstić information content (AvgIpc) is 2.41. The zero-order chi connectivity index (χ0) is 15.4. The Morgan fingerprint density at radius 1 is 1.38 bits per heavy atom. The maximum atomic E-state index is 12.0. The van der Waals surface area contributed by atoms with Gasteiger partial charge in [0.1, 0.15) is 0 Å². The average molecular weight is 291 g/mol. The molecular weight excluding hydrogens is 270 g/mol. The van der Waals surface area contributed by atoms with Gasteiger partial charge >= 0.3 is 5.97 Å². The van der Waals surface area contributed by atoms with Crippen molar-refractivity contribution in [2.45, 2.75) is 25.8 Å². The van der Waals surface area contributed by atoms with Gasteiger partial charge in [-0.25, -0.2) is 4.79 Å². The molecule has 1 amide bonds. The third-order valence-corrected chi connectivity index (χ3v) is 3.74. The molecule has 0 spiro atoms. The lowest BCUT2D eigenvalue weighted by atomic mass is 10.1. The highest BCUT2D eigenvalue weighted by Crippen LogP contribution is 2.15. The van der Waals surface area contributed by atoms with E-state index in [9.17, 15) is 9.59 Å². The summed E-state index contributed by atoms with van der Waals surface area (Å²) in [6.45, 7) is 3.73. The van der Waals surface area contributed by atoms with Gasteiger partial charge in [0.25, 0.3) is 0 Å². The molecule has 1 heterocycles. The van der Waals surface area contributed by atoms with E-state index in [4.69, 9.17) is 10.8 Å². The van der Waals surface area contributed by atoms with E-state index in [1.54, 1.807) is 19.1 Å². The van der Waals surface area contributed by atoms with Gasteiger partial charge in [0.2, 0.25) is 5.91 Å². The third-order valence-electron chi connectivity index (χ3n) is 3.74. The Morgan fingerprint density at radius 3 is 2.62 bits per heavy atom. The fraction of sp³-hybridized carbons (Fsp3) is 0.467. The second kappa shape index (κ2) is 6.69. The fourth-order valence-corrected chi connectivity index (χ4v) is 2.50. The predicted octanol–water partition coefficient (Wildman–Crippen LogP) is 1.05. The number of benzene rings is 1. The smallest absolute Gasteiger partial charge is 0.335 e. The molecule has 1 aliphatic heterocycles. The van der Waals surface area contributed by atoms with Crippen LogP contribution in [0.1, 0.15) is 28.8 Å². The standard InChI is InChI=1S/C15H21N3O3/c1-10-8-12(2-3-13(10)15(20)21)17-14(19)9-18-6-4-11(16)5-7-18/h2-3,8,11H,4-7,9,16H2,1H3,(H,17,19)(H,20,21). The summed E-state index contributed by atoms with van der Waals surface area (Å²) in [5, 5.41) is 11.8. The molecule has 6 nitrogen and oxygen atoms in total. The highest BCUT2D eigenvalue weighted by molar-refractivity contribution is 5.94. The van der Waals surface area contributed by atoms with Crippen molar-refractivity contribution >= 4 is 17.6 Å². The molecule has 0 saturated carbocycles. The number of aromatic carboxylic acids is 1. The lowest BCUT2D eigenvalue weighted by Gasteiger charge is -2.29. The summed E-state index contributed by atoms with van der Waals surface area (Å²) in [4.78, 5) is 25.0. The van der Waals surface area contributed by atoms with Crippen LogP contribution in [0.3, 0.4) is 0 Å². The summed E-state index contributed by atoms with van der Waals surface area (Å²) in [6, 6.07) is 5.04. The first kappa shape index (κ1) is 15.5. The number of carboxylic acid groups (broad SMARTS) is 1. The van der Waals surface area contributed by atoms with E-state index >= 15 is 0 Å². The van der Waals surface area contributed by atoms with Gasteiger partial charge in [0.05, 0.1) is 12.1 Å². The molecule has 0 radical (unpaired) electrons. The number of rotatable bonds is 4. The molecule has 4 N–H and O–H groups in total. The molecule has 21 heavy (non-hydrogen) atoms. The molecule has 114 valence electrons. The molecule has 1 saturated heterocycles. The van der Waals surface area contributed by atoms with E-state index in [0.717, 1.165) is 25.9 Å². The molecule has 1 aromatic carbocycles. The van der Waals surface area contributed by atoms with Gasteiger partial charge < -0.3 is 16.2 Å². The van der Waals surface area contributed by atoms with Crippen molar-refractivity contribution in [1.82, 2.24) is 4.90 Å². The molecule has 0 unspecified atom stereocenters. The summed E-state index contributed by atoms with van der Waals surface area (Å²) in [6.07, 6.45) is 1.83. The van der Waals surface area contributed by atoms with Crippen molar-refractivity contribution in [3.63, 3.8) is 0 Å². The van der Waals surface area contributed by atoms with Crippen molar-refractivity contribution in [2.24, 2.45) is 5.73 Å². The van der Waals surface area contributed by atoms with E-state index in [1.165, 1.54) is 6.07 Å². The van der Waals surface area contributed by atoms with Crippen LogP contribution in [0, 0.1) is 6.92 Å². The maximum absolute atomic E-state index is 12.0. The Hall–Kier alpha value is -1.92. The van der Waals surface area contributed by atoms with Crippen LogP contribution in [0.15, 0.2) is 18.2 Å². The molecule has 6 heteroatoms. The Kier molecular flexibility index (Phi) is 4.93. The first-order valence-electron chi connectivity index (χ1n) is 7.07. The van der Waals surface area contributed by atoms with Gasteiger partial charge in [-0.1, -0.05) is 0 Å². The summed E-state index contributed by atoms with van der Waals surface area (Å²) in [5.41, 5.74) is 7.33. The van der Waals surface area contributed by atoms with E-state index < -0.39 is 5.97 Å². The number of likely N-dealkylation sites (tertiary alicyclic amines) is 1. The van der Waals surface area contributed by atoms with E-state index in [-0.39, 0.29) is 17.5 Å². The zero-order valence-corrected chi connectivity index (χ0v) is 12.1. The van der Waals surface area contributed by atoms with Crippen molar-refractivity contribution < 1.29 is 14.7 Å². The highest BCUT2D eigenvalue weighted by atomic mass is 16.4. The van der Waals surface area contributed by atoms with Gasteiger partial charge in [0.15, 0.2) is 0 Å². The maximum Gasteiger partial charge on any atom is 0.335 e. The summed E-state index contributed by atoms with van der Waals surface area (Å²) in [5.74, 6) is -1.05. The van der Waals surface area contributed by atoms with Gasteiger partial charge in [-0.2, -0.15) is 0 Å². The van der Waals surface area contributed by atoms with E-state index in [2.05, 4.69) is 10.2 Å². The number of amides is 1. The molecule has 1 aliphatic rings. The topological polar surface area (TPSA) is 95.7 Å². The van der Waals surface area contributed by atoms with Gasteiger partial charge in [-0.3, -0.25) is 9.69 Å². The minimum absolute atomic E-state index is 0.0899. The number of carbonyl (C=O) groups is 2. The number of nitrogens with zero attached hydrogens (tertiary/aromatic N) is 1. The lowest BCUT2D eigenvalue weighted by Crippen LogP contribution is -2.43. The van der Waals surface area contributed by atoms with Crippen LogP contribution in [-0.2, 0) is 4.79 Å². The number of hydrogen-bond donors (Lipinski definition) is 3. The minimum Gasteiger partial charge on any atom is -0.478 e. The van der Waals surface area contributed by atoms with Crippen molar-refractivity contribution in [2.75, 3.05) is 25.0 Å². The Labute approximate surface area is 123 Å². The van der Waals surface area contributed by atoms with Crippen LogP contribution >= 0.6 is 0 Å². The van der Waals surface area contributed by atoms with Gasteiger partial charge in [-0.05, 0) is 43.5 Å². The fourth-order valence-electron chi connectivity index (χ4n) is 2.50. The highest BCUT2D eigenvalue weighted by Gasteiger charge is 2.18. The largest absolute Gasteiger partial charge is 0.478 e. The van der Waals surface area contributed by atoms with Crippen LogP contribution in [0.25, 0.3) is 0 Å². The number of aryl methyl sites for hydroxylation is 1. The lowest BCUT2D eigenvalue weighted by molar-refractivity contribution is -0.117. The van der Waals surface area contributed by atoms with Crippen molar-refractivity contribution in [1.29, 1.82) is 0 Å². The molecular formula is C15H21N3O3. The number of carbonyl (C=O) groups excluding carboxylic acids is 1. The molecule has 0 atom stereocenters. The van der Waals surface area contributed by atoms with Crippen LogP contribution in [0.4, 0.5) is 5.69 Å². The molecule has 1 aromatic rings. The van der Waals surface area contributed by atoms with E-state index in [1.807, 2.05) is 0 Å². The van der Waals surface area contributed by atoms with Crippen LogP contribution in [0.5, 0.6) is 0 Å². The summed E-state index contributed by atoms with van der Waals surface area (Å²) < 4.78 is 0. The third kappa shape index (κ3) is 4.27. The minimum atomic E-state index is -0.963. The zero-order valence-electron chi connectivity index (χ0n) is 12.1. The number of anilines is 1. The molecule has 0 bridgehead atoms. The predicted molar refractivity (Wildman–Crippen MR) is 80.4 cm³/mol. The number of carboxylic acids is 1. The molecule has 2 rings (SSSR count). The number of piperidine rings is 1. The number of nitrogens with one attached hydrogen (secondary N) is 1. The van der Waals surface area contributed by atoms with E-state index in [0.29, 0.717) is 17.8 Å². The quantitative estimate of drug-likeness (QED) is 0.771. The summed E-state index contributed by atoms with van der Waals surface area (Å²) >= 11 is 0. The second-order valence-electron chi connectivity index (χ2n) is 5.50. The van der Waals surface area contributed by atoms with Crippen LogP contribution in [0.2, 0.25) is 0 Å². The normalized spacial score (nSPS) is 16.7.